The Hall–Kier alpha value is -3.86. The molecule has 60 heavy (non-hydrogen) atoms. The Labute approximate surface area is 369 Å². The molecule has 4 heteroatoms. The van der Waals surface area contributed by atoms with Crippen molar-refractivity contribution in [2.75, 3.05) is 0 Å². The van der Waals surface area contributed by atoms with Gasteiger partial charge >= 0.3 is 0 Å². The molecule has 0 saturated heterocycles. The number of hydrogen-bond acceptors (Lipinski definition) is 2. The second-order valence-electron chi connectivity index (χ2n) is 18.1. The van der Waals surface area contributed by atoms with Crippen LogP contribution in [0.4, 0.5) is 0 Å². The Balaban J connectivity index is 0.941. The van der Waals surface area contributed by atoms with Crippen LogP contribution in [-0.2, 0) is 26.9 Å². The van der Waals surface area contributed by atoms with Gasteiger partial charge in [0, 0.05) is 45.7 Å². The number of fused-ring (bicyclic) bond motifs is 7. The molecule has 0 radical (unpaired) electrons. The van der Waals surface area contributed by atoms with Crippen LogP contribution < -0.4 is 0 Å². The van der Waals surface area contributed by atoms with E-state index in [2.05, 4.69) is 122 Å². The van der Waals surface area contributed by atoms with Crippen molar-refractivity contribution in [3.05, 3.63) is 94.7 Å². The van der Waals surface area contributed by atoms with Gasteiger partial charge in [0.2, 0.25) is 0 Å². The van der Waals surface area contributed by atoms with Crippen LogP contribution in [0.3, 0.4) is 0 Å². The Bertz CT molecular complexity index is 2440. The van der Waals surface area contributed by atoms with Crippen LogP contribution in [-0.4, -0.2) is 9.13 Å². The first-order valence-corrected chi connectivity index (χ1v) is 25.7. The summed E-state index contributed by atoms with van der Waals surface area (Å²) in [5.74, 6) is 0. The molecule has 0 N–H and O–H groups in total. The number of aryl methyl sites for hydroxylation is 4. The van der Waals surface area contributed by atoms with Crippen molar-refractivity contribution in [1.29, 1.82) is 0 Å². The van der Waals surface area contributed by atoms with Gasteiger partial charge in [-0.2, -0.15) is 0 Å². The van der Waals surface area contributed by atoms with E-state index in [1.54, 1.807) is 0 Å². The molecule has 0 spiro atoms. The van der Waals surface area contributed by atoms with Crippen LogP contribution in [0.5, 0.6) is 0 Å². The smallest absolute Gasteiger partial charge is 0.0590 e. The molecular formula is C56H70N2S2. The van der Waals surface area contributed by atoms with E-state index < -0.39 is 0 Å². The SMILES string of the molecule is CCCCCCCCCCCCc1ccc(-c2cc3cc4c(ccc5c6cc7cc(-c8ccc(CCCCCCCCCCCC)s8)n(C)c7cc6ccc45)cc3n2C)s1. The molecule has 0 amide bonds. The number of hydrogen-bond donors (Lipinski definition) is 0. The third kappa shape index (κ3) is 9.92. The number of aromatic nitrogens is 2. The van der Waals surface area contributed by atoms with Gasteiger partial charge in [-0.3, -0.25) is 0 Å². The average Bonchev–Trinajstić information content (AvgIpc) is 4.07. The molecule has 8 aromatic rings. The van der Waals surface area contributed by atoms with E-state index in [1.807, 2.05) is 22.7 Å². The molecule has 4 aromatic carbocycles. The molecule has 8 rings (SSSR count). The molecule has 0 unspecified atom stereocenters. The first-order valence-electron chi connectivity index (χ1n) is 24.1. The van der Waals surface area contributed by atoms with E-state index in [-0.39, 0.29) is 0 Å². The quantitative estimate of drug-likeness (QED) is 0.0424. The van der Waals surface area contributed by atoms with Gasteiger partial charge in [0.15, 0.2) is 0 Å². The van der Waals surface area contributed by atoms with Crippen LogP contribution in [0.15, 0.2) is 84.9 Å². The van der Waals surface area contributed by atoms with E-state index in [0.29, 0.717) is 0 Å². The van der Waals surface area contributed by atoms with E-state index in [0.717, 1.165) is 0 Å². The summed E-state index contributed by atoms with van der Waals surface area (Å²) in [7, 11) is 4.49. The summed E-state index contributed by atoms with van der Waals surface area (Å²) in [5, 5.41) is 10.6. The molecule has 0 bridgehead atoms. The zero-order chi connectivity index (χ0) is 41.3. The van der Waals surface area contributed by atoms with Gasteiger partial charge < -0.3 is 9.13 Å². The summed E-state index contributed by atoms with van der Waals surface area (Å²) >= 11 is 3.98. The molecule has 0 aliphatic heterocycles. The van der Waals surface area contributed by atoms with Gasteiger partial charge in [-0.25, -0.2) is 0 Å². The predicted octanol–water partition coefficient (Wildman–Crippen LogP) is 18.5. The van der Waals surface area contributed by atoms with Crippen molar-refractivity contribution >= 4 is 76.8 Å². The number of unbranched alkanes of at least 4 members (excludes halogenated alkanes) is 18. The van der Waals surface area contributed by atoms with Gasteiger partial charge in [0.05, 0.1) is 21.1 Å². The molecule has 0 fully saturated rings. The third-order valence-electron chi connectivity index (χ3n) is 13.5. The first-order chi connectivity index (χ1) is 29.5. The first kappa shape index (κ1) is 42.8. The molecule has 0 saturated carbocycles. The maximum atomic E-state index is 2.45. The van der Waals surface area contributed by atoms with Crippen molar-refractivity contribution in [2.24, 2.45) is 14.1 Å². The maximum absolute atomic E-state index is 2.45. The highest BCUT2D eigenvalue weighted by Gasteiger charge is 2.16. The lowest BCUT2D eigenvalue weighted by Gasteiger charge is -2.10. The van der Waals surface area contributed by atoms with Crippen LogP contribution in [0.1, 0.15) is 152 Å². The molecule has 0 aliphatic carbocycles. The lowest BCUT2D eigenvalue weighted by Crippen LogP contribution is -1.90. The standard InChI is InChI=1S/C56H70N2S2/c1-5-7-9-11-13-15-17-19-21-23-25-45-29-33-55(59-45)53-39-43-35-49-41(37-51(43)57(53)3)27-31-48-47(49)32-28-42-38-52-44(36-50(42)48)40-54(58(52)4)56-34-30-46(60-56)26-24-22-20-18-16-14-12-10-8-6-2/h27-40H,5-26H2,1-4H3. The summed E-state index contributed by atoms with van der Waals surface area (Å²) in [4.78, 5) is 5.82. The van der Waals surface area contributed by atoms with E-state index in [1.165, 1.54) is 226 Å². The van der Waals surface area contributed by atoms with Gasteiger partial charge in [-0.15, -0.1) is 22.7 Å². The lowest BCUT2D eigenvalue weighted by molar-refractivity contribution is 0.557. The van der Waals surface area contributed by atoms with E-state index in [4.69, 9.17) is 0 Å². The minimum Gasteiger partial charge on any atom is -0.343 e. The van der Waals surface area contributed by atoms with Crippen LogP contribution in [0.25, 0.3) is 75.3 Å². The minimum atomic E-state index is 1.21. The molecule has 2 nitrogen and oxygen atoms in total. The maximum Gasteiger partial charge on any atom is 0.0590 e. The lowest BCUT2D eigenvalue weighted by atomic mass is 9.95. The second-order valence-corrected chi connectivity index (χ2v) is 20.4. The normalized spacial score (nSPS) is 12.1. The predicted molar refractivity (Wildman–Crippen MR) is 270 cm³/mol. The average molecular weight is 835 g/mol. The molecule has 0 aliphatic rings. The zero-order valence-corrected chi connectivity index (χ0v) is 39.0. The van der Waals surface area contributed by atoms with Gasteiger partial charge in [-0.05, 0) is 119 Å². The molecular weight excluding hydrogens is 765 g/mol. The van der Waals surface area contributed by atoms with Crippen molar-refractivity contribution in [2.45, 2.75) is 155 Å². The van der Waals surface area contributed by atoms with Gasteiger partial charge in [0.1, 0.15) is 0 Å². The Morgan fingerprint density at radius 3 is 1.10 bits per heavy atom. The zero-order valence-electron chi connectivity index (χ0n) is 37.4. The summed E-state index contributed by atoms with van der Waals surface area (Å²) in [5.41, 5.74) is 5.27. The molecule has 316 valence electrons. The molecule has 4 aromatic heterocycles. The fourth-order valence-corrected chi connectivity index (χ4v) is 12.1. The fraction of sp³-hybridized carbons (Fsp3) is 0.464. The number of benzene rings is 4. The number of thiophene rings is 2. The van der Waals surface area contributed by atoms with Gasteiger partial charge in [0.25, 0.3) is 0 Å². The largest absolute Gasteiger partial charge is 0.343 e. The summed E-state index contributed by atoms with van der Waals surface area (Å²) in [6, 6.07) is 33.5. The third-order valence-corrected chi connectivity index (χ3v) is 15.9. The number of rotatable bonds is 24. The number of nitrogens with zero attached hydrogens (tertiary/aromatic N) is 2. The van der Waals surface area contributed by atoms with Crippen molar-refractivity contribution in [1.82, 2.24) is 9.13 Å². The van der Waals surface area contributed by atoms with Crippen LogP contribution >= 0.6 is 22.7 Å². The Kier molecular flexibility index (Phi) is 14.8. The van der Waals surface area contributed by atoms with Crippen molar-refractivity contribution in [3.63, 3.8) is 0 Å². The monoisotopic (exact) mass is 834 g/mol. The highest BCUT2D eigenvalue weighted by molar-refractivity contribution is 7.15. The van der Waals surface area contributed by atoms with Crippen LogP contribution in [0, 0.1) is 0 Å². The van der Waals surface area contributed by atoms with Gasteiger partial charge in [-0.1, -0.05) is 154 Å². The highest BCUT2D eigenvalue weighted by atomic mass is 32.1. The topological polar surface area (TPSA) is 9.86 Å². The Morgan fingerprint density at radius 2 is 0.717 bits per heavy atom. The summed E-state index contributed by atoms with van der Waals surface area (Å²) in [6.45, 7) is 4.60. The minimum absolute atomic E-state index is 1.21. The van der Waals surface area contributed by atoms with Crippen molar-refractivity contribution in [3.8, 4) is 21.1 Å². The van der Waals surface area contributed by atoms with E-state index >= 15 is 0 Å². The second kappa shape index (κ2) is 20.8. The summed E-state index contributed by atoms with van der Waals surface area (Å²) < 4.78 is 4.82. The van der Waals surface area contributed by atoms with E-state index in [9.17, 15) is 0 Å². The Morgan fingerprint density at radius 1 is 0.350 bits per heavy atom. The van der Waals surface area contributed by atoms with Crippen molar-refractivity contribution < 1.29 is 0 Å². The summed E-state index contributed by atoms with van der Waals surface area (Å²) in [6.07, 6.45) is 30.2. The molecule has 4 heterocycles. The fourth-order valence-electron chi connectivity index (χ4n) is 9.89. The van der Waals surface area contributed by atoms with Crippen LogP contribution in [0.2, 0.25) is 0 Å². The highest BCUT2D eigenvalue weighted by Crippen LogP contribution is 2.40. The molecule has 0 atom stereocenters.